The van der Waals surface area contributed by atoms with Gasteiger partial charge < -0.3 is 5.32 Å². The Balaban J connectivity index is 2.15. The molecule has 0 radical (unpaired) electrons. The van der Waals surface area contributed by atoms with Gasteiger partial charge in [-0.2, -0.15) is 13.2 Å². The van der Waals surface area contributed by atoms with Crippen molar-refractivity contribution in [1.82, 2.24) is 5.32 Å². The minimum atomic E-state index is -4.60. The summed E-state index contributed by atoms with van der Waals surface area (Å²) in [5, 5.41) is 2.29. The Morgan fingerprint density at radius 1 is 1.30 bits per heavy atom. The van der Waals surface area contributed by atoms with Crippen LogP contribution < -0.4 is 5.32 Å². The lowest BCUT2D eigenvalue weighted by molar-refractivity contribution is -0.138. The van der Waals surface area contributed by atoms with Crippen LogP contribution in [0.3, 0.4) is 0 Å². The van der Waals surface area contributed by atoms with Gasteiger partial charge in [-0.1, -0.05) is 6.07 Å². The van der Waals surface area contributed by atoms with Crippen LogP contribution in [0.15, 0.2) is 22.7 Å². The fourth-order valence-electron chi connectivity index (χ4n) is 1.95. The van der Waals surface area contributed by atoms with E-state index < -0.39 is 46.9 Å². The van der Waals surface area contributed by atoms with Crippen molar-refractivity contribution < 1.29 is 26.7 Å². The van der Waals surface area contributed by atoms with Crippen LogP contribution in [0.5, 0.6) is 0 Å². The number of benzene rings is 1. The Hall–Kier alpha value is -1.18. The molecule has 0 bridgehead atoms. The smallest absolute Gasteiger partial charge is 0.349 e. The second-order valence-corrected chi connectivity index (χ2v) is 5.39. The zero-order chi connectivity index (χ0) is 15.1. The molecule has 8 heteroatoms. The molecule has 1 N–H and O–H groups in total. The third-order valence-corrected chi connectivity index (χ3v) is 3.83. The number of rotatable bonds is 2. The Bertz CT molecular complexity index is 535. The summed E-state index contributed by atoms with van der Waals surface area (Å²) in [5.41, 5.74) is -1.21. The average Bonchev–Trinajstić information content (AvgIpc) is 2.24. The number of alkyl halides is 5. The number of carbonyl (C=O) groups is 1. The first-order valence-corrected chi connectivity index (χ1v) is 6.44. The van der Waals surface area contributed by atoms with Crippen molar-refractivity contribution in [3.8, 4) is 0 Å². The molecule has 20 heavy (non-hydrogen) atoms. The first-order valence-electron chi connectivity index (χ1n) is 5.64. The lowest BCUT2D eigenvalue weighted by Gasteiger charge is -2.35. The molecule has 0 saturated heterocycles. The molecule has 0 heterocycles. The van der Waals surface area contributed by atoms with Gasteiger partial charge in [-0.15, -0.1) is 0 Å². The van der Waals surface area contributed by atoms with Crippen LogP contribution in [0.1, 0.15) is 28.8 Å². The topological polar surface area (TPSA) is 29.1 Å². The minimum absolute atomic E-state index is 0.227. The Kier molecular flexibility index (Phi) is 3.79. The average molecular weight is 358 g/mol. The van der Waals surface area contributed by atoms with E-state index in [4.69, 9.17) is 0 Å². The summed E-state index contributed by atoms with van der Waals surface area (Å²) in [6.45, 7) is 0. The minimum Gasteiger partial charge on any atom is -0.349 e. The van der Waals surface area contributed by atoms with Crippen molar-refractivity contribution in [2.45, 2.75) is 31.0 Å². The number of hydrogen-bond donors (Lipinski definition) is 1. The van der Waals surface area contributed by atoms with Crippen molar-refractivity contribution >= 4 is 21.8 Å². The SMILES string of the molecule is O=C(NC1CC(F)(F)C1)c1cccc(C(F)(F)F)c1Br. The monoisotopic (exact) mass is 357 g/mol. The van der Waals surface area contributed by atoms with Crippen LogP contribution in [-0.4, -0.2) is 17.9 Å². The number of amides is 1. The van der Waals surface area contributed by atoms with Gasteiger partial charge in [0, 0.05) is 23.4 Å². The normalized spacial score (nSPS) is 18.5. The Morgan fingerprint density at radius 2 is 1.90 bits per heavy atom. The molecule has 0 aliphatic heterocycles. The van der Waals surface area contributed by atoms with Crippen LogP contribution in [0.25, 0.3) is 0 Å². The Labute approximate surface area is 119 Å². The van der Waals surface area contributed by atoms with Crippen molar-refractivity contribution in [1.29, 1.82) is 0 Å². The van der Waals surface area contributed by atoms with Crippen molar-refractivity contribution in [2.24, 2.45) is 0 Å². The van der Waals surface area contributed by atoms with E-state index in [-0.39, 0.29) is 5.56 Å². The van der Waals surface area contributed by atoms with Crippen LogP contribution >= 0.6 is 15.9 Å². The molecule has 1 aromatic carbocycles. The fourth-order valence-corrected chi connectivity index (χ4v) is 2.62. The highest BCUT2D eigenvalue weighted by molar-refractivity contribution is 9.10. The molecule has 1 fully saturated rings. The van der Waals surface area contributed by atoms with Crippen LogP contribution in [0, 0.1) is 0 Å². The quantitative estimate of drug-likeness (QED) is 0.796. The second kappa shape index (κ2) is 4.98. The summed E-state index contributed by atoms with van der Waals surface area (Å²) in [7, 11) is 0. The molecule has 0 unspecified atom stereocenters. The standard InChI is InChI=1S/C12H9BrF5NO/c13-9-7(2-1-3-8(9)12(16,17)18)10(20)19-6-4-11(14,15)5-6/h1-3,6H,4-5H2,(H,19,20). The largest absolute Gasteiger partial charge is 0.417 e. The highest BCUT2D eigenvalue weighted by Crippen LogP contribution is 2.39. The van der Waals surface area contributed by atoms with Crippen LogP contribution in [0.2, 0.25) is 0 Å². The van der Waals surface area contributed by atoms with Gasteiger partial charge in [0.2, 0.25) is 0 Å². The van der Waals surface area contributed by atoms with Gasteiger partial charge in [0.1, 0.15) is 0 Å². The second-order valence-electron chi connectivity index (χ2n) is 4.60. The molecule has 1 saturated carbocycles. The van der Waals surface area contributed by atoms with Gasteiger partial charge in [-0.3, -0.25) is 4.79 Å². The molecule has 1 amide bonds. The first kappa shape index (κ1) is 15.2. The maximum atomic E-state index is 12.7. The summed E-state index contributed by atoms with van der Waals surface area (Å²) >= 11 is 2.74. The highest BCUT2D eigenvalue weighted by Gasteiger charge is 2.46. The molecule has 2 nitrogen and oxygen atoms in total. The van der Waals surface area contributed by atoms with E-state index >= 15 is 0 Å². The lowest BCUT2D eigenvalue weighted by atomic mass is 9.88. The van der Waals surface area contributed by atoms with Gasteiger partial charge in [0.05, 0.1) is 11.1 Å². The maximum absolute atomic E-state index is 12.7. The summed E-state index contributed by atoms with van der Waals surface area (Å²) in [6.07, 6.45) is -5.58. The fraction of sp³-hybridized carbons (Fsp3) is 0.417. The number of carbonyl (C=O) groups excluding carboxylic acids is 1. The van der Waals surface area contributed by atoms with Gasteiger partial charge >= 0.3 is 6.18 Å². The van der Waals surface area contributed by atoms with Gasteiger partial charge in [0.15, 0.2) is 0 Å². The Morgan fingerprint density at radius 3 is 2.40 bits per heavy atom. The van der Waals surface area contributed by atoms with Crippen LogP contribution in [-0.2, 0) is 6.18 Å². The van der Waals surface area contributed by atoms with Gasteiger partial charge in [-0.05, 0) is 28.1 Å². The number of halogens is 6. The van der Waals surface area contributed by atoms with Crippen molar-refractivity contribution in [3.05, 3.63) is 33.8 Å². The third kappa shape index (κ3) is 3.11. The van der Waals surface area contributed by atoms with E-state index in [0.717, 1.165) is 12.1 Å². The zero-order valence-corrected chi connectivity index (χ0v) is 11.5. The highest BCUT2D eigenvalue weighted by atomic mass is 79.9. The molecule has 0 spiro atoms. The molecule has 2 rings (SSSR count). The predicted molar refractivity (Wildman–Crippen MR) is 64.6 cm³/mol. The summed E-state index contributed by atoms with van der Waals surface area (Å²) in [4.78, 5) is 11.8. The van der Waals surface area contributed by atoms with E-state index in [9.17, 15) is 26.7 Å². The summed E-state index contributed by atoms with van der Waals surface area (Å²) < 4.78 is 62.9. The molecular weight excluding hydrogens is 349 g/mol. The summed E-state index contributed by atoms with van der Waals surface area (Å²) in [6, 6.07) is 2.42. The molecule has 0 aromatic heterocycles. The van der Waals surface area contributed by atoms with Gasteiger partial charge in [-0.25, -0.2) is 8.78 Å². The number of hydrogen-bond acceptors (Lipinski definition) is 1. The molecule has 110 valence electrons. The van der Waals surface area contributed by atoms with Crippen molar-refractivity contribution in [2.75, 3.05) is 0 Å². The molecule has 1 aliphatic carbocycles. The van der Waals surface area contributed by atoms with E-state index in [0.29, 0.717) is 0 Å². The molecule has 0 atom stereocenters. The van der Waals surface area contributed by atoms with E-state index in [1.165, 1.54) is 6.07 Å². The van der Waals surface area contributed by atoms with Gasteiger partial charge in [0.25, 0.3) is 11.8 Å². The molecule has 1 aliphatic rings. The molecule has 1 aromatic rings. The van der Waals surface area contributed by atoms with E-state index in [1.54, 1.807) is 0 Å². The lowest BCUT2D eigenvalue weighted by Crippen LogP contribution is -2.50. The maximum Gasteiger partial charge on any atom is 0.417 e. The van der Waals surface area contributed by atoms with E-state index in [2.05, 4.69) is 21.2 Å². The third-order valence-electron chi connectivity index (χ3n) is 2.97. The zero-order valence-electron chi connectivity index (χ0n) is 9.90. The van der Waals surface area contributed by atoms with Crippen LogP contribution in [0.4, 0.5) is 22.0 Å². The first-order chi connectivity index (χ1) is 9.10. The molecular formula is C12H9BrF5NO. The summed E-state index contributed by atoms with van der Waals surface area (Å²) in [5.74, 6) is -3.60. The van der Waals surface area contributed by atoms with E-state index in [1.807, 2.05) is 0 Å². The van der Waals surface area contributed by atoms with Crippen molar-refractivity contribution in [3.63, 3.8) is 0 Å². The number of nitrogens with one attached hydrogen (secondary N) is 1. The predicted octanol–water partition coefficient (Wildman–Crippen LogP) is 4.00.